The lowest BCUT2D eigenvalue weighted by Gasteiger charge is -2.40. The molecule has 0 aromatic rings. The molecule has 1 heterocycles. The van der Waals surface area contributed by atoms with Crippen molar-refractivity contribution in [2.24, 2.45) is 11.7 Å². The molecule has 3 N–H and O–H groups in total. The zero-order chi connectivity index (χ0) is 13.8. The number of nitrogens with zero attached hydrogens (tertiary/aromatic N) is 1. The van der Waals surface area contributed by atoms with Crippen LogP contribution in [0.1, 0.15) is 33.1 Å². The highest BCUT2D eigenvalue weighted by Gasteiger charge is 2.35. The van der Waals surface area contributed by atoms with E-state index in [0.717, 1.165) is 25.9 Å². The van der Waals surface area contributed by atoms with E-state index in [0.29, 0.717) is 18.9 Å². The molecule has 5 nitrogen and oxygen atoms in total. The summed E-state index contributed by atoms with van der Waals surface area (Å²) in [5.41, 5.74) is 5.37. The van der Waals surface area contributed by atoms with E-state index in [9.17, 15) is 8.42 Å². The van der Waals surface area contributed by atoms with Gasteiger partial charge in [-0.25, -0.2) is 13.1 Å². The fraction of sp³-hybridized carbons (Fsp3) is 1.00. The number of hydrogen-bond acceptors (Lipinski definition) is 4. The van der Waals surface area contributed by atoms with Crippen LogP contribution in [0.4, 0.5) is 0 Å². The Kier molecular flexibility index (Phi) is 5.58. The molecule has 0 atom stereocenters. The van der Waals surface area contributed by atoms with Crippen molar-refractivity contribution in [1.82, 2.24) is 9.62 Å². The Labute approximate surface area is 111 Å². The van der Waals surface area contributed by atoms with E-state index < -0.39 is 15.6 Å². The van der Waals surface area contributed by atoms with Crippen LogP contribution in [0.2, 0.25) is 0 Å². The molecular weight excluding hydrogens is 250 g/mol. The van der Waals surface area contributed by atoms with Crippen LogP contribution in [0.25, 0.3) is 0 Å². The van der Waals surface area contributed by atoms with Crippen molar-refractivity contribution in [2.75, 3.05) is 32.4 Å². The van der Waals surface area contributed by atoms with Gasteiger partial charge in [-0.05, 0) is 45.3 Å². The van der Waals surface area contributed by atoms with Crippen molar-refractivity contribution in [3.63, 3.8) is 0 Å². The maximum atomic E-state index is 12.1. The largest absolute Gasteiger partial charge is 0.329 e. The number of rotatable bonds is 6. The van der Waals surface area contributed by atoms with Crippen LogP contribution in [0, 0.1) is 5.92 Å². The second-order valence-electron chi connectivity index (χ2n) is 5.89. The second-order valence-corrected chi connectivity index (χ2v) is 7.73. The molecule has 6 heteroatoms. The normalized spacial score (nSPS) is 21.4. The Balaban J connectivity index is 2.62. The third kappa shape index (κ3) is 4.84. The van der Waals surface area contributed by atoms with Crippen LogP contribution in [0.5, 0.6) is 0 Å². The monoisotopic (exact) mass is 277 g/mol. The van der Waals surface area contributed by atoms with Crippen molar-refractivity contribution in [1.29, 1.82) is 0 Å². The lowest BCUT2D eigenvalue weighted by Crippen LogP contribution is -2.59. The average molecular weight is 277 g/mol. The number of nitrogens with two attached hydrogens (primary N) is 1. The standard InChI is InChI=1S/C12H27N3O2S/c1-11(2)4-9-18(16,17)14-12(10-13)5-7-15(3)8-6-12/h11,14H,4-10,13H2,1-3H3. The molecule has 1 rings (SSSR count). The highest BCUT2D eigenvalue weighted by Crippen LogP contribution is 2.21. The van der Waals surface area contributed by atoms with Crippen LogP contribution in [0.3, 0.4) is 0 Å². The lowest BCUT2D eigenvalue weighted by molar-refractivity contribution is 0.182. The predicted molar refractivity (Wildman–Crippen MR) is 74.9 cm³/mol. The minimum absolute atomic E-state index is 0.197. The first-order valence-electron chi connectivity index (χ1n) is 6.69. The van der Waals surface area contributed by atoms with Crippen LogP contribution < -0.4 is 10.5 Å². The minimum Gasteiger partial charge on any atom is -0.329 e. The fourth-order valence-corrected chi connectivity index (χ4v) is 4.00. The number of nitrogens with one attached hydrogen (secondary N) is 1. The molecule has 0 aliphatic carbocycles. The Bertz CT molecular complexity index is 346. The van der Waals surface area contributed by atoms with E-state index in [2.05, 4.69) is 9.62 Å². The van der Waals surface area contributed by atoms with Crippen molar-refractivity contribution < 1.29 is 8.42 Å². The van der Waals surface area contributed by atoms with Gasteiger partial charge in [0.05, 0.1) is 5.75 Å². The first-order chi connectivity index (χ1) is 8.29. The van der Waals surface area contributed by atoms with Gasteiger partial charge in [0.1, 0.15) is 0 Å². The molecule has 0 spiro atoms. The Morgan fingerprint density at radius 2 is 1.89 bits per heavy atom. The minimum atomic E-state index is -3.21. The van der Waals surface area contributed by atoms with Gasteiger partial charge in [-0.15, -0.1) is 0 Å². The van der Waals surface area contributed by atoms with Gasteiger partial charge < -0.3 is 10.6 Å². The third-order valence-corrected chi connectivity index (χ3v) is 5.19. The highest BCUT2D eigenvalue weighted by atomic mass is 32.2. The van der Waals surface area contributed by atoms with E-state index in [1.807, 2.05) is 20.9 Å². The molecule has 0 aromatic carbocycles. The molecule has 1 aliphatic heterocycles. The molecule has 18 heavy (non-hydrogen) atoms. The van der Waals surface area contributed by atoms with Gasteiger partial charge in [-0.1, -0.05) is 13.8 Å². The van der Waals surface area contributed by atoms with Crippen molar-refractivity contribution >= 4 is 10.0 Å². The maximum absolute atomic E-state index is 12.1. The quantitative estimate of drug-likeness (QED) is 0.736. The van der Waals surface area contributed by atoms with Gasteiger partial charge >= 0.3 is 0 Å². The zero-order valence-electron chi connectivity index (χ0n) is 11.8. The SMILES string of the molecule is CC(C)CCS(=O)(=O)NC1(CN)CCN(C)CC1. The van der Waals surface area contributed by atoms with E-state index in [4.69, 9.17) is 5.73 Å². The molecule has 0 bridgehead atoms. The van der Waals surface area contributed by atoms with E-state index in [-0.39, 0.29) is 5.75 Å². The Hall–Kier alpha value is -0.170. The first kappa shape index (κ1) is 15.9. The summed E-state index contributed by atoms with van der Waals surface area (Å²) in [6.07, 6.45) is 2.28. The Morgan fingerprint density at radius 1 is 1.33 bits per heavy atom. The van der Waals surface area contributed by atoms with Crippen molar-refractivity contribution in [2.45, 2.75) is 38.6 Å². The maximum Gasteiger partial charge on any atom is 0.212 e. The second kappa shape index (κ2) is 6.32. The predicted octanol–water partition coefficient (Wildman–Crippen LogP) is 0.375. The van der Waals surface area contributed by atoms with Crippen molar-refractivity contribution in [3.05, 3.63) is 0 Å². The van der Waals surface area contributed by atoms with Crippen LogP contribution >= 0.6 is 0 Å². The summed E-state index contributed by atoms with van der Waals surface area (Å²) in [5, 5.41) is 0. The Morgan fingerprint density at radius 3 is 2.33 bits per heavy atom. The smallest absolute Gasteiger partial charge is 0.212 e. The molecule has 1 fully saturated rings. The average Bonchev–Trinajstić information content (AvgIpc) is 2.30. The highest BCUT2D eigenvalue weighted by molar-refractivity contribution is 7.89. The van der Waals surface area contributed by atoms with Crippen molar-refractivity contribution in [3.8, 4) is 0 Å². The van der Waals surface area contributed by atoms with E-state index in [1.54, 1.807) is 0 Å². The summed E-state index contributed by atoms with van der Waals surface area (Å²) < 4.78 is 27.0. The zero-order valence-corrected chi connectivity index (χ0v) is 12.6. The molecule has 1 aliphatic rings. The molecule has 0 unspecified atom stereocenters. The summed E-state index contributed by atoms with van der Waals surface area (Å²) >= 11 is 0. The molecule has 0 saturated carbocycles. The third-order valence-electron chi connectivity index (χ3n) is 3.67. The molecular formula is C12H27N3O2S. The van der Waals surface area contributed by atoms with Gasteiger partial charge in [0.2, 0.25) is 10.0 Å². The number of hydrogen-bond donors (Lipinski definition) is 2. The van der Waals surface area contributed by atoms with Gasteiger partial charge in [0.15, 0.2) is 0 Å². The van der Waals surface area contributed by atoms with Gasteiger partial charge in [-0.2, -0.15) is 0 Å². The van der Waals surface area contributed by atoms with Gasteiger partial charge in [0, 0.05) is 12.1 Å². The number of piperidine rings is 1. The first-order valence-corrected chi connectivity index (χ1v) is 8.34. The summed E-state index contributed by atoms with van der Waals surface area (Å²) in [6, 6.07) is 0. The molecule has 108 valence electrons. The van der Waals surface area contributed by atoms with Crippen LogP contribution in [-0.2, 0) is 10.0 Å². The molecule has 0 amide bonds. The van der Waals surface area contributed by atoms with Crippen LogP contribution in [-0.4, -0.2) is 51.3 Å². The summed E-state index contributed by atoms with van der Waals surface area (Å²) in [7, 11) is -1.16. The lowest BCUT2D eigenvalue weighted by atomic mass is 9.89. The number of likely N-dealkylation sites (tertiary alicyclic amines) is 1. The van der Waals surface area contributed by atoms with E-state index in [1.165, 1.54) is 0 Å². The topological polar surface area (TPSA) is 75.4 Å². The van der Waals surface area contributed by atoms with Gasteiger partial charge in [-0.3, -0.25) is 0 Å². The van der Waals surface area contributed by atoms with E-state index >= 15 is 0 Å². The summed E-state index contributed by atoms with van der Waals surface area (Å²) in [6.45, 7) is 6.23. The number of sulfonamides is 1. The van der Waals surface area contributed by atoms with Crippen LogP contribution in [0.15, 0.2) is 0 Å². The summed E-state index contributed by atoms with van der Waals surface area (Å²) in [4.78, 5) is 2.20. The molecule has 0 radical (unpaired) electrons. The fourth-order valence-electron chi connectivity index (χ4n) is 2.17. The molecule has 1 saturated heterocycles. The summed E-state index contributed by atoms with van der Waals surface area (Å²) in [5.74, 6) is 0.593. The van der Waals surface area contributed by atoms with Gasteiger partial charge in [0.25, 0.3) is 0 Å². The molecule has 0 aromatic heterocycles.